The Kier molecular flexibility index (Phi) is 5.87. The summed E-state index contributed by atoms with van der Waals surface area (Å²) in [5.74, 6) is 1.65. The third kappa shape index (κ3) is 4.35. The molecule has 2 aromatic rings. The molecule has 0 amide bonds. The predicted octanol–water partition coefficient (Wildman–Crippen LogP) is 4.70. The Hall–Kier alpha value is -1.27. The van der Waals surface area contributed by atoms with Crippen molar-refractivity contribution in [3.63, 3.8) is 0 Å². The second kappa shape index (κ2) is 7.66. The summed E-state index contributed by atoms with van der Waals surface area (Å²) < 4.78 is 1.09. The smallest absolute Gasteiger partial charge is 0.191 e. The summed E-state index contributed by atoms with van der Waals surface area (Å²) in [5, 5.41) is 7.39. The van der Waals surface area contributed by atoms with Gasteiger partial charge in [0.25, 0.3) is 0 Å². The molecule has 0 saturated heterocycles. The predicted molar refractivity (Wildman–Crippen MR) is 94.8 cm³/mol. The van der Waals surface area contributed by atoms with Gasteiger partial charge in [0.1, 0.15) is 11.6 Å². The molecule has 21 heavy (non-hydrogen) atoms. The molecule has 0 aliphatic heterocycles. The fraction of sp³-hybridized carbons (Fsp3) is 0.333. The lowest BCUT2D eigenvalue weighted by molar-refractivity contribution is 0.966. The number of thioether (sulfide) groups is 1. The van der Waals surface area contributed by atoms with Crippen LogP contribution < -0.4 is 10.6 Å². The molecule has 0 spiro atoms. The summed E-state index contributed by atoms with van der Waals surface area (Å²) >= 11 is 5.05. The monoisotopic (exact) mass is 366 g/mol. The number of aromatic nitrogens is 2. The van der Waals surface area contributed by atoms with Gasteiger partial charge in [-0.25, -0.2) is 9.97 Å². The molecule has 0 aliphatic carbocycles. The highest BCUT2D eigenvalue weighted by Crippen LogP contribution is 2.26. The molecule has 0 radical (unpaired) electrons. The van der Waals surface area contributed by atoms with Crippen LogP contribution in [-0.4, -0.2) is 22.8 Å². The summed E-state index contributed by atoms with van der Waals surface area (Å²) in [5.41, 5.74) is 2.33. The van der Waals surface area contributed by atoms with Gasteiger partial charge in [0.2, 0.25) is 0 Å². The van der Waals surface area contributed by atoms with Crippen molar-refractivity contribution in [2.24, 2.45) is 0 Å². The fourth-order valence-electron chi connectivity index (χ4n) is 1.97. The first kappa shape index (κ1) is 16.1. The lowest BCUT2D eigenvalue weighted by Crippen LogP contribution is -2.04. The van der Waals surface area contributed by atoms with E-state index < -0.39 is 0 Å². The summed E-state index contributed by atoms with van der Waals surface area (Å²) in [6, 6.07) is 8.16. The Bertz CT molecular complexity index is 619. The lowest BCUT2D eigenvalue weighted by Gasteiger charge is -2.13. The lowest BCUT2D eigenvalue weighted by atomic mass is 10.1. The van der Waals surface area contributed by atoms with E-state index in [0.717, 1.165) is 39.9 Å². The third-order valence-corrected chi connectivity index (χ3v) is 4.00. The largest absolute Gasteiger partial charge is 0.370 e. The number of anilines is 3. The maximum absolute atomic E-state index is 4.52. The van der Waals surface area contributed by atoms with Gasteiger partial charge in [-0.05, 0) is 43.4 Å². The van der Waals surface area contributed by atoms with Gasteiger partial charge in [-0.15, -0.1) is 0 Å². The molecule has 0 saturated carbocycles. The van der Waals surface area contributed by atoms with E-state index in [-0.39, 0.29) is 0 Å². The van der Waals surface area contributed by atoms with Crippen LogP contribution in [0.4, 0.5) is 17.3 Å². The highest BCUT2D eigenvalue weighted by atomic mass is 79.9. The number of rotatable bonds is 6. The van der Waals surface area contributed by atoms with E-state index in [1.165, 1.54) is 17.3 Å². The van der Waals surface area contributed by atoms with E-state index in [0.29, 0.717) is 0 Å². The molecule has 0 fully saturated rings. The van der Waals surface area contributed by atoms with Crippen molar-refractivity contribution in [2.45, 2.75) is 25.4 Å². The standard InChI is InChI=1S/C15H19BrN4S/c1-4-10-8-11(16)6-7-12(10)18-14-9-13(17-5-2)19-15(20-14)21-3/h6-9H,4-5H2,1-3H3,(H2,17,18,19,20). The number of hydrogen-bond donors (Lipinski definition) is 2. The molecule has 0 unspecified atom stereocenters. The van der Waals surface area contributed by atoms with Crippen molar-refractivity contribution in [1.29, 1.82) is 0 Å². The fourth-order valence-corrected chi connectivity index (χ4v) is 2.75. The van der Waals surface area contributed by atoms with Gasteiger partial charge in [-0.1, -0.05) is 34.6 Å². The summed E-state index contributed by atoms with van der Waals surface area (Å²) in [4.78, 5) is 8.95. The van der Waals surface area contributed by atoms with Crippen LogP contribution in [0.1, 0.15) is 19.4 Å². The van der Waals surface area contributed by atoms with Crippen LogP contribution in [0.5, 0.6) is 0 Å². The van der Waals surface area contributed by atoms with Crippen molar-refractivity contribution in [3.05, 3.63) is 34.3 Å². The first-order valence-electron chi connectivity index (χ1n) is 6.88. The second-order valence-corrected chi connectivity index (χ2v) is 6.12. The molecule has 6 heteroatoms. The average molecular weight is 367 g/mol. The Morgan fingerprint density at radius 2 is 1.90 bits per heavy atom. The van der Waals surface area contributed by atoms with Crippen LogP contribution in [0.3, 0.4) is 0 Å². The molecule has 1 aromatic carbocycles. The quantitative estimate of drug-likeness (QED) is 0.573. The molecule has 1 aromatic heterocycles. The van der Waals surface area contributed by atoms with E-state index >= 15 is 0 Å². The van der Waals surface area contributed by atoms with Crippen LogP contribution in [0, 0.1) is 0 Å². The van der Waals surface area contributed by atoms with Gasteiger partial charge in [0.05, 0.1) is 0 Å². The van der Waals surface area contributed by atoms with E-state index in [1.807, 2.05) is 18.4 Å². The molecule has 4 nitrogen and oxygen atoms in total. The minimum atomic E-state index is 0.756. The SMILES string of the molecule is CCNc1cc(Nc2ccc(Br)cc2CC)nc(SC)n1. The highest BCUT2D eigenvalue weighted by Gasteiger charge is 2.07. The normalized spacial score (nSPS) is 10.5. The first-order valence-corrected chi connectivity index (χ1v) is 8.90. The zero-order valence-corrected chi connectivity index (χ0v) is 14.8. The number of nitrogens with one attached hydrogen (secondary N) is 2. The van der Waals surface area contributed by atoms with Crippen molar-refractivity contribution in [3.8, 4) is 0 Å². The molecular formula is C15H19BrN4S. The molecule has 0 atom stereocenters. The third-order valence-electron chi connectivity index (χ3n) is 2.96. The molecule has 1 heterocycles. The van der Waals surface area contributed by atoms with Gasteiger partial charge < -0.3 is 10.6 Å². The van der Waals surface area contributed by atoms with Crippen molar-refractivity contribution >= 4 is 45.0 Å². The molecule has 0 bridgehead atoms. The zero-order chi connectivity index (χ0) is 15.2. The maximum atomic E-state index is 4.52. The summed E-state index contributed by atoms with van der Waals surface area (Å²) in [6.45, 7) is 5.03. The number of hydrogen-bond acceptors (Lipinski definition) is 5. The van der Waals surface area contributed by atoms with Gasteiger partial charge in [0.15, 0.2) is 5.16 Å². The number of aryl methyl sites for hydroxylation is 1. The van der Waals surface area contributed by atoms with Crippen molar-refractivity contribution < 1.29 is 0 Å². The minimum Gasteiger partial charge on any atom is -0.370 e. The van der Waals surface area contributed by atoms with Crippen LogP contribution >= 0.6 is 27.7 Å². The number of nitrogens with zero attached hydrogens (tertiary/aromatic N) is 2. The Morgan fingerprint density at radius 1 is 1.14 bits per heavy atom. The van der Waals surface area contributed by atoms with E-state index in [2.05, 4.69) is 62.5 Å². The number of benzene rings is 1. The number of halogens is 1. The highest BCUT2D eigenvalue weighted by molar-refractivity contribution is 9.10. The maximum Gasteiger partial charge on any atom is 0.191 e. The first-order chi connectivity index (χ1) is 10.2. The topological polar surface area (TPSA) is 49.8 Å². The van der Waals surface area contributed by atoms with Crippen LogP contribution in [0.25, 0.3) is 0 Å². The Morgan fingerprint density at radius 3 is 2.57 bits per heavy atom. The average Bonchev–Trinajstić information content (AvgIpc) is 2.49. The van der Waals surface area contributed by atoms with Gasteiger partial charge in [-0.2, -0.15) is 0 Å². The summed E-state index contributed by atoms with van der Waals surface area (Å²) in [6.07, 6.45) is 2.94. The molecular weight excluding hydrogens is 348 g/mol. The van der Waals surface area contributed by atoms with E-state index in [1.54, 1.807) is 0 Å². The molecule has 2 N–H and O–H groups in total. The van der Waals surface area contributed by atoms with Gasteiger partial charge >= 0.3 is 0 Å². The molecule has 2 rings (SSSR count). The van der Waals surface area contributed by atoms with Gasteiger partial charge in [-0.3, -0.25) is 0 Å². The second-order valence-electron chi connectivity index (χ2n) is 4.44. The molecule has 0 aliphatic rings. The van der Waals surface area contributed by atoms with Crippen molar-refractivity contribution in [2.75, 3.05) is 23.4 Å². The van der Waals surface area contributed by atoms with Crippen molar-refractivity contribution in [1.82, 2.24) is 9.97 Å². The van der Waals surface area contributed by atoms with E-state index in [9.17, 15) is 0 Å². The van der Waals surface area contributed by atoms with Crippen LogP contribution in [0.15, 0.2) is 33.9 Å². The van der Waals surface area contributed by atoms with E-state index in [4.69, 9.17) is 0 Å². The Balaban J connectivity index is 2.32. The van der Waals surface area contributed by atoms with Crippen LogP contribution in [0.2, 0.25) is 0 Å². The van der Waals surface area contributed by atoms with Crippen LogP contribution in [-0.2, 0) is 6.42 Å². The summed E-state index contributed by atoms with van der Waals surface area (Å²) in [7, 11) is 0. The van der Waals surface area contributed by atoms with Gasteiger partial charge in [0, 0.05) is 22.8 Å². The molecule has 112 valence electrons. The zero-order valence-electron chi connectivity index (χ0n) is 12.4. The Labute approximate surface area is 138 Å². The minimum absolute atomic E-state index is 0.756.